The van der Waals surface area contributed by atoms with Gasteiger partial charge in [-0.25, -0.2) is 10.3 Å². The van der Waals surface area contributed by atoms with E-state index in [0.717, 1.165) is 27.8 Å². The minimum absolute atomic E-state index is 0.298. The van der Waals surface area contributed by atoms with Crippen molar-refractivity contribution in [3.05, 3.63) is 65.4 Å². The van der Waals surface area contributed by atoms with Gasteiger partial charge in [0.1, 0.15) is 17.1 Å². The molecule has 1 atom stereocenters. The van der Waals surface area contributed by atoms with Gasteiger partial charge in [-0.05, 0) is 37.6 Å². The summed E-state index contributed by atoms with van der Waals surface area (Å²) in [6, 6.07) is 14.5. The summed E-state index contributed by atoms with van der Waals surface area (Å²) in [5.74, 6) is 1.46. The average molecular weight is 354 g/mol. The quantitative estimate of drug-likeness (QED) is 0.649. The molecule has 0 spiro atoms. The Morgan fingerprint density at radius 1 is 1.19 bits per heavy atom. The maximum absolute atomic E-state index is 12.0. The lowest BCUT2D eigenvalue weighted by Gasteiger charge is -2.13. The summed E-state index contributed by atoms with van der Waals surface area (Å²) < 4.78 is 11.2. The predicted molar refractivity (Wildman–Crippen MR) is 98.8 cm³/mol. The van der Waals surface area contributed by atoms with Gasteiger partial charge in [0.15, 0.2) is 0 Å². The first-order chi connectivity index (χ1) is 12.6. The molecule has 26 heavy (non-hydrogen) atoms. The molecule has 3 rings (SSSR count). The van der Waals surface area contributed by atoms with Crippen LogP contribution in [0.25, 0.3) is 11.0 Å². The van der Waals surface area contributed by atoms with Gasteiger partial charge in [0, 0.05) is 10.9 Å². The number of methoxy groups -OCH3 is 1. The molecule has 1 heterocycles. The maximum Gasteiger partial charge on any atom is 0.339 e. The van der Waals surface area contributed by atoms with Crippen molar-refractivity contribution in [1.29, 1.82) is 0 Å². The van der Waals surface area contributed by atoms with Crippen molar-refractivity contribution in [2.24, 2.45) is 0 Å². The molecular weight excluding hydrogens is 332 g/mol. The minimum atomic E-state index is -0.425. The number of hydroxylamine groups is 1. The van der Waals surface area contributed by atoms with Gasteiger partial charge in [-0.3, -0.25) is 4.84 Å². The van der Waals surface area contributed by atoms with Crippen molar-refractivity contribution in [3.63, 3.8) is 0 Å². The molecule has 2 N–H and O–H groups in total. The molecule has 6 heteroatoms. The summed E-state index contributed by atoms with van der Waals surface area (Å²) in [5.41, 5.74) is 5.09. The van der Waals surface area contributed by atoms with Crippen molar-refractivity contribution in [2.75, 3.05) is 7.11 Å². The van der Waals surface area contributed by atoms with E-state index in [1.165, 1.54) is 0 Å². The lowest BCUT2D eigenvalue weighted by atomic mass is 10.1. The second-order valence-corrected chi connectivity index (χ2v) is 6.02. The Labute approximate surface area is 152 Å². The molecule has 0 radical (unpaired) electrons. The number of ether oxygens (including phenoxy) is 1. The molecule has 0 bridgehead atoms. The van der Waals surface area contributed by atoms with E-state index in [1.807, 2.05) is 62.4 Å². The maximum atomic E-state index is 12.0. The summed E-state index contributed by atoms with van der Waals surface area (Å²) >= 11 is 0. The number of hydrogen-bond acceptors (Lipinski definition) is 4. The zero-order valence-electron chi connectivity index (χ0n) is 15.0. The molecule has 6 nitrogen and oxygen atoms in total. The second-order valence-electron chi connectivity index (χ2n) is 6.02. The van der Waals surface area contributed by atoms with E-state index in [2.05, 4.69) is 10.8 Å². The predicted octanol–water partition coefficient (Wildman–Crippen LogP) is 4.24. The van der Waals surface area contributed by atoms with E-state index < -0.39 is 6.03 Å². The Balaban J connectivity index is 1.60. The number of furan rings is 1. The van der Waals surface area contributed by atoms with E-state index in [-0.39, 0.29) is 6.04 Å². The van der Waals surface area contributed by atoms with Crippen LogP contribution in [-0.4, -0.2) is 13.1 Å². The first kappa shape index (κ1) is 17.8. The van der Waals surface area contributed by atoms with Crippen molar-refractivity contribution < 1.29 is 18.8 Å². The summed E-state index contributed by atoms with van der Waals surface area (Å²) in [6.45, 7) is 4.12. The van der Waals surface area contributed by atoms with Crippen molar-refractivity contribution in [1.82, 2.24) is 10.8 Å². The Hall–Kier alpha value is -2.99. The van der Waals surface area contributed by atoms with Crippen LogP contribution in [0.1, 0.15) is 29.9 Å². The van der Waals surface area contributed by atoms with E-state index in [4.69, 9.17) is 14.0 Å². The van der Waals surface area contributed by atoms with Crippen LogP contribution in [-0.2, 0) is 11.4 Å². The molecule has 0 fully saturated rings. The van der Waals surface area contributed by atoms with Crippen LogP contribution in [0.2, 0.25) is 0 Å². The Morgan fingerprint density at radius 3 is 2.69 bits per heavy atom. The van der Waals surface area contributed by atoms with Crippen LogP contribution in [0.15, 0.2) is 52.9 Å². The third-order valence-electron chi connectivity index (χ3n) is 4.17. The Kier molecular flexibility index (Phi) is 5.43. The van der Waals surface area contributed by atoms with Crippen LogP contribution >= 0.6 is 0 Å². The van der Waals surface area contributed by atoms with Gasteiger partial charge in [0.25, 0.3) is 0 Å². The topological polar surface area (TPSA) is 72.7 Å². The molecular formula is C20H22N2O4. The third kappa shape index (κ3) is 3.97. The average Bonchev–Trinajstić information content (AvgIpc) is 2.99. The van der Waals surface area contributed by atoms with E-state index in [0.29, 0.717) is 12.4 Å². The smallest absolute Gasteiger partial charge is 0.339 e. The largest absolute Gasteiger partial charge is 0.497 e. The molecule has 0 saturated heterocycles. The number of fused-ring (bicyclic) bond motifs is 1. The van der Waals surface area contributed by atoms with E-state index in [9.17, 15) is 4.79 Å². The molecule has 2 aromatic carbocycles. The first-order valence-corrected chi connectivity index (χ1v) is 8.37. The molecule has 3 aromatic rings. The van der Waals surface area contributed by atoms with Crippen LogP contribution < -0.4 is 15.5 Å². The lowest BCUT2D eigenvalue weighted by Crippen LogP contribution is -2.37. The fourth-order valence-electron chi connectivity index (χ4n) is 2.81. The van der Waals surface area contributed by atoms with Gasteiger partial charge in [0.2, 0.25) is 0 Å². The molecule has 2 amide bonds. The molecule has 136 valence electrons. The number of rotatable bonds is 6. The first-order valence-electron chi connectivity index (χ1n) is 8.37. The fourth-order valence-corrected chi connectivity index (χ4v) is 2.81. The van der Waals surface area contributed by atoms with Crippen LogP contribution in [0.4, 0.5) is 4.79 Å². The highest BCUT2D eigenvalue weighted by Gasteiger charge is 2.19. The monoisotopic (exact) mass is 354 g/mol. The Bertz CT molecular complexity index is 889. The normalized spacial score (nSPS) is 12.0. The van der Waals surface area contributed by atoms with Crippen LogP contribution in [0.3, 0.4) is 0 Å². The number of hydrogen-bond donors (Lipinski definition) is 2. The molecule has 0 aliphatic carbocycles. The van der Waals surface area contributed by atoms with Gasteiger partial charge in [0.05, 0.1) is 19.8 Å². The van der Waals surface area contributed by atoms with E-state index in [1.54, 1.807) is 7.11 Å². The number of amides is 2. The van der Waals surface area contributed by atoms with Gasteiger partial charge in [-0.15, -0.1) is 0 Å². The number of nitrogens with one attached hydrogen (secondary N) is 2. The zero-order chi connectivity index (χ0) is 18.5. The number of carbonyl (C=O) groups is 1. The summed E-state index contributed by atoms with van der Waals surface area (Å²) in [6.07, 6.45) is 0. The summed E-state index contributed by atoms with van der Waals surface area (Å²) in [5, 5.41) is 3.78. The molecule has 1 unspecified atom stereocenters. The van der Waals surface area contributed by atoms with Gasteiger partial charge < -0.3 is 14.5 Å². The van der Waals surface area contributed by atoms with Gasteiger partial charge >= 0.3 is 6.03 Å². The zero-order valence-corrected chi connectivity index (χ0v) is 15.0. The molecule has 0 aliphatic rings. The number of aryl methyl sites for hydroxylation is 1. The fraction of sp³-hybridized carbons (Fsp3) is 0.250. The van der Waals surface area contributed by atoms with Crippen molar-refractivity contribution >= 4 is 17.0 Å². The van der Waals surface area contributed by atoms with Crippen LogP contribution in [0.5, 0.6) is 5.75 Å². The number of benzene rings is 2. The van der Waals surface area contributed by atoms with Gasteiger partial charge in [-0.2, -0.15) is 0 Å². The third-order valence-corrected chi connectivity index (χ3v) is 4.17. The summed E-state index contributed by atoms with van der Waals surface area (Å²) in [4.78, 5) is 17.3. The molecule has 1 aromatic heterocycles. The second kappa shape index (κ2) is 7.93. The van der Waals surface area contributed by atoms with Crippen LogP contribution in [0, 0.1) is 6.92 Å². The number of urea groups is 1. The lowest BCUT2D eigenvalue weighted by molar-refractivity contribution is 0.0481. The van der Waals surface area contributed by atoms with Crippen molar-refractivity contribution in [3.8, 4) is 5.75 Å². The Morgan fingerprint density at radius 2 is 1.96 bits per heavy atom. The highest BCUT2D eigenvalue weighted by molar-refractivity contribution is 5.84. The number of carbonyl (C=O) groups excluding carboxylic acids is 1. The van der Waals surface area contributed by atoms with Crippen molar-refractivity contribution in [2.45, 2.75) is 26.5 Å². The molecule has 0 aliphatic heterocycles. The minimum Gasteiger partial charge on any atom is -0.497 e. The highest BCUT2D eigenvalue weighted by atomic mass is 16.7. The standard InChI is InChI=1S/C20H22N2O4/c1-13-17-11-16(24-3)9-10-18(17)26-19(13)14(2)21-20(23)22-25-12-15-7-5-4-6-8-15/h4-11,14H,12H2,1-3H3,(H2,21,22,23). The van der Waals surface area contributed by atoms with E-state index >= 15 is 0 Å². The SMILES string of the molecule is COc1ccc2oc(C(C)NC(=O)NOCc3ccccc3)c(C)c2c1. The summed E-state index contributed by atoms with van der Waals surface area (Å²) in [7, 11) is 1.63. The molecule has 0 saturated carbocycles. The van der Waals surface area contributed by atoms with Gasteiger partial charge in [-0.1, -0.05) is 30.3 Å². The highest BCUT2D eigenvalue weighted by Crippen LogP contribution is 2.31.